The van der Waals surface area contributed by atoms with Crippen molar-refractivity contribution in [1.82, 2.24) is 9.80 Å². The fourth-order valence-corrected chi connectivity index (χ4v) is 5.29. The fraction of sp³-hybridized carbons (Fsp3) is 0.538. The first-order chi connectivity index (χ1) is 15.5. The summed E-state index contributed by atoms with van der Waals surface area (Å²) in [6, 6.07) is 9.21. The van der Waals surface area contributed by atoms with Crippen molar-refractivity contribution in [2.75, 3.05) is 13.1 Å². The zero-order valence-electron chi connectivity index (χ0n) is 18.8. The summed E-state index contributed by atoms with van der Waals surface area (Å²) in [7, 11) is 0. The topological polar surface area (TPSA) is 81.1 Å². The molecule has 0 spiro atoms. The highest BCUT2D eigenvalue weighted by atomic mass is 16.4. The average Bonchev–Trinajstić information content (AvgIpc) is 2.76. The first kappa shape index (κ1) is 22.7. The number of carboxylic acids is 2. The summed E-state index contributed by atoms with van der Waals surface area (Å²) >= 11 is 0. The van der Waals surface area contributed by atoms with E-state index in [9.17, 15) is 9.59 Å². The second kappa shape index (κ2) is 10.5. The number of carboxylic acid groups (broad SMARTS) is 2. The number of nitrogens with zero attached hydrogens (tertiary/aromatic N) is 2. The van der Waals surface area contributed by atoms with E-state index in [2.05, 4.69) is 34.1 Å². The van der Waals surface area contributed by atoms with Gasteiger partial charge in [-0.2, -0.15) is 0 Å². The maximum absolute atomic E-state index is 10.7. The van der Waals surface area contributed by atoms with Crippen LogP contribution in [0.3, 0.4) is 0 Å². The first-order valence-corrected chi connectivity index (χ1v) is 11.9. The van der Waals surface area contributed by atoms with E-state index in [0.717, 1.165) is 77.8 Å². The highest BCUT2D eigenvalue weighted by Crippen LogP contribution is 2.37. The van der Waals surface area contributed by atoms with Crippen molar-refractivity contribution < 1.29 is 19.8 Å². The predicted molar refractivity (Wildman–Crippen MR) is 124 cm³/mol. The summed E-state index contributed by atoms with van der Waals surface area (Å²) in [4.78, 5) is 26.3. The van der Waals surface area contributed by atoms with E-state index in [-0.39, 0.29) is 12.8 Å². The van der Waals surface area contributed by atoms with Crippen LogP contribution in [0, 0.1) is 0 Å². The SMILES string of the molecule is O=C(O)CCCCCN1Cc2ccc3c4c(ccc(c24)C1)CN(CCCCCC(=O)O)C3. The summed E-state index contributed by atoms with van der Waals surface area (Å²) in [5.41, 5.74) is 5.66. The minimum absolute atomic E-state index is 0.271. The Morgan fingerprint density at radius 3 is 1.25 bits per heavy atom. The molecule has 0 radical (unpaired) electrons. The summed E-state index contributed by atoms with van der Waals surface area (Å²) < 4.78 is 0. The van der Waals surface area contributed by atoms with Gasteiger partial charge in [0.05, 0.1) is 0 Å². The lowest BCUT2D eigenvalue weighted by Crippen LogP contribution is -2.30. The Morgan fingerprint density at radius 2 is 0.938 bits per heavy atom. The molecule has 2 aliphatic rings. The van der Waals surface area contributed by atoms with E-state index in [1.165, 1.54) is 33.0 Å². The van der Waals surface area contributed by atoms with Gasteiger partial charge in [-0.3, -0.25) is 19.4 Å². The van der Waals surface area contributed by atoms with Crippen molar-refractivity contribution in [2.24, 2.45) is 0 Å². The molecule has 0 saturated heterocycles. The van der Waals surface area contributed by atoms with E-state index < -0.39 is 11.9 Å². The third-order valence-electron chi connectivity index (χ3n) is 6.81. The molecule has 2 N–H and O–H groups in total. The third-order valence-corrected chi connectivity index (χ3v) is 6.81. The number of carbonyl (C=O) groups is 2. The molecule has 2 aromatic rings. The second-order valence-corrected chi connectivity index (χ2v) is 9.35. The number of hydrogen-bond donors (Lipinski definition) is 2. The molecule has 2 aliphatic heterocycles. The number of benzene rings is 2. The van der Waals surface area contributed by atoms with Gasteiger partial charge in [0, 0.05) is 39.0 Å². The summed E-state index contributed by atoms with van der Waals surface area (Å²) in [5, 5.41) is 20.5. The molecule has 0 amide bonds. The Kier molecular flexibility index (Phi) is 7.43. The van der Waals surface area contributed by atoms with Gasteiger partial charge in [0.1, 0.15) is 0 Å². The molecule has 0 atom stereocenters. The smallest absolute Gasteiger partial charge is 0.303 e. The molecule has 6 heteroatoms. The van der Waals surface area contributed by atoms with Crippen LogP contribution in [0.25, 0.3) is 10.8 Å². The van der Waals surface area contributed by atoms with E-state index in [4.69, 9.17) is 10.2 Å². The van der Waals surface area contributed by atoms with Gasteiger partial charge in [0.2, 0.25) is 0 Å². The van der Waals surface area contributed by atoms with Crippen LogP contribution in [0.1, 0.15) is 73.6 Å². The lowest BCUT2D eigenvalue weighted by Gasteiger charge is -2.34. The van der Waals surface area contributed by atoms with Gasteiger partial charge >= 0.3 is 11.9 Å². The van der Waals surface area contributed by atoms with Crippen molar-refractivity contribution in [1.29, 1.82) is 0 Å². The molecule has 4 rings (SSSR count). The molecular formula is C26H34N2O4. The molecule has 0 bridgehead atoms. The number of aliphatic carboxylic acids is 2. The first-order valence-electron chi connectivity index (χ1n) is 11.9. The minimum Gasteiger partial charge on any atom is -0.481 e. The molecule has 6 nitrogen and oxygen atoms in total. The zero-order chi connectivity index (χ0) is 22.5. The average molecular weight is 439 g/mol. The maximum Gasteiger partial charge on any atom is 0.303 e. The lowest BCUT2D eigenvalue weighted by molar-refractivity contribution is -0.138. The molecule has 2 heterocycles. The molecule has 0 fully saturated rings. The highest BCUT2D eigenvalue weighted by molar-refractivity contribution is 5.95. The van der Waals surface area contributed by atoms with Crippen LogP contribution < -0.4 is 0 Å². The van der Waals surface area contributed by atoms with Crippen molar-refractivity contribution in [3.8, 4) is 0 Å². The lowest BCUT2D eigenvalue weighted by atomic mass is 9.87. The van der Waals surface area contributed by atoms with Crippen LogP contribution in [0.2, 0.25) is 0 Å². The minimum atomic E-state index is -0.701. The maximum atomic E-state index is 10.7. The standard InChI is InChI=1S/C26H34N2O4/c29-23(30)7-3-1-5-13-27-15-19-9-11-21-17-28(14-6-2-4-8-24(31)32)18-22-12-10-20(16-27)25(19)26(21)22/h9-12H,1-8,13-18H2,(H,29,30)(H,31,32). The summed E-state index contributed by atoms with van der Waals surface area (Å²) in [5.74, 6) is -1.40. The molecule has 2 aromatic carbocycles. The Bertz CT molecular complexity index is 858. The van der Waals surface area contributed by atoms with Gasteiger partial charge in [-0.1, -0.05) is 37.1 Å². The Balaban J connectivity index is 1.37. The van der Waals surface area contributed by atoms with Gasteiger partial charge in [0.25, 0.3) is 0 Å². The predicted octanol–water partition coefficient (Wildman–Crippen LogP) is 4.76. The van der Waals surface area contributed by atoms with Crippen molar-refractivity contribution in [3.05, 3.63) is 46.5 Å². The van der Waals surface area contributed by atoms with Gasteiger partial charge in [-0.05, 0) is 71.8 Å². The second-order valence-electron chi connectivity index (χ2n) is 9.35. The third kappa shape index (κ3) is 5.48. The van der Waals surface area contributed by atoms with Crippen LogP contribution in [0.4, 0.5) is 0 Å². The Morgan fingerprint density at radius 1 is 0.594 bits per heavy atom. The largest absolute Gasteiger partial charge is 0.481 e. The van der Waals surface area contributed by atoms with E-state index in [1.54, 1.807) is 0 Å². The van der Waals surface area contributed by atoms with E-state index >= 15 is 0 Å². The van der Waals surface area contributed by atoms with Crippen LogP contribution in [-0.4, -0.2) is 45.0 Å². The van der Waals surface area contributed by atoms with E-state index in [1.807, 2.05) is 0 Å². The van der Waals surface area contributed by atoms with Gasteiger partial charge in [-0.25, -0.2) is 0 Å². The van der Waals surface area contributed by atoms with E-state index in [0.29, 0.717) is 0 Å². The highest BCUT2D eigenvalue weighted by Gasteiger charge is 2.25. The van der Waals surface area contributed by atoms with Crippen LogP contribution in [0.15, 0.2) is 24.3 Å². The van der Waals surface area contributed by atoms with Gasteiger partial charge < -0.3 is 10.2 Å². The summed E-state index contributed by atoms with van der Waals surface area (Å²) in [6.45, 7) is 5.91. The van der Waals surface area contributed by atoms with Crippen molar-refractivity contribution in [3.63, 3.8) is 0 Å². The number of hydrogen-bond acceptors (Lipinski definition) is 4. The quantitative estimate of drug-likeness (QED) is 0.465. The Hall–Kier alpha value is -2.44. The van der Waals surface area contributed by atoms with Crippen LogP contribution in [-0.2, 0) is 35.8 Å². The van der Waals surface area contributed by atoms with Crippen molar-refractivity contribution in [2.45, 2.75) is 77.5 Å². The van der Waals surface area contributed by atoms with Crippen LogP contribution >= 0.6 is 0 Å². The normalized spacial score (nSPS) is 15.9. The van der Waals surface area contributed by atoms with Gasteiger partial charge in [-0.15, -0.1) is 0 Å². The molecule has 0 aromatic heterocycles. The number of rotatable bonds is 12. The zero-order valence-corrected chi connectivity index (χ0v) is 18.8. The van der Waals surface area contributed by atoms with Crippen LogP contribution in [0.5, 0.6) is 0 Å². The Labute approximate surface area is 189 Å². The summed E-state index contributed by atoms with van der Waals surface area (Å²) in [6.07, 6.45) is 6.09. The molecule has 172 valence electrons. The fourth-order valence-electron chi connectivity index (χ4n) is 5.29. The molecular weight excluding hydrogens is 404 g/mol. The molecule has 32 heavy (non-hydrogen) atoms. The molecule has 0 unspecified atom stereocenters. The van der Waals surface area contributed by atoms with Gasteiger partial charge in [0.15, 0.2) is 0 Å². The van der Waals surface area contributed by atoms with Crippen molar-refractivity contribution >= 4 is 22.7 Å². The molecule has 0 aliphatic carbocycles. The molecule has 0 saturated carbocycles. The number of unbranched alkanes of at least 4 members (excludes halogenated alkanes) is 4. The monoisotopic (exact) mass is 438 g/mol.